The number of nitrogens with zero attached hydrogens (tertiary/aromatic N) is 2. The zero-order valence-corrected chi connectivity index (χ0v) is 11.1. The van der Waals surface area contributed by atoms with E-state index in [0.717, 1.165) is 17.5 Å². The highest BCUT2D eigenvalue weighted by Gasteiger charge is 2.22. The Labute approximate surface area is 109 Å². The molecule has 0 amide bonds. The molecule has 0 radical (unpaired) electrons. The van der Waals surface area contributed by atoms with Crippen LogP contribution < -0.4 is 10.6 Å². The van der Waals surface area contributed by atoms with Crippen molar-refractivity contribution in [1.29, 1.82) is 0 Å². The number of aromatic nitrogens is 2. The van der Waals surface area contributed by atoms with Gasteiger partial charge in [0.2, 0.25) is 0 Å². The molecule has 18 heavy (non-hydrogen) atoms. The summed E-state index contributed by atoms with van der Waals surface area (Å²) in [4.78, 5) is 8.94. The van der Waals surface area contributed by atoms with Crippen molar-refractivity contribution in [2.75, 3.05) is 10.6 Å². The van der Waals surface area contributed by atoms with Crippen LogP contribution in [0, 0.1) is 6.92 Å². The summed E-state index contributed by atoms with van der Waals surface area (Å²) in [5, 5.41) is 7.01. The molecule has 4 nitrogen and oxygen atoms in total. The first kappa shape index (κ1) is 11.8. The van der Waals surface area contributed by atoms with E-state index in [-0.39, 0.29) is 0 Å². The lowest BCUT2D eigenvalue weighted by molar-refractivity contribution is 0.462. The quantitative estimate of drug-likeness (QED) is 0.857. The summed E-state index contributed by atoms with van der Waals surface area (Å²) >= 11 is 0. The Hall–Kier alpha value is -1.32. The number of hydrogen-bond acceptors (Lipinski definition) is 4. The molecule has 0 unspecified atom stereocenters. The van der Waals surface area contributed by atoms with Crippen LogP contribution in [-0.2, 0) is 0 Å². The van der Waals surface area contributed by atoms with Gasteiger partial charge in [0.15, 0.2) is 0 Å². The molecule has 1 aromatic heterocycles. The minimum Gasteiger partial charge on any atom is -0.367 e. The van der Waals surface area contributed by atoms with Crippen LogP contribution in [0.25, 0.3) is 0 Å². The molecule has 0 aliphatic heterocycles. The molecule has 2 fully saturated rings. The lowest BCUT2D eigenvalue weighted by Crippen LogP contribution is -2.23. The van der Waals surface area contributed by atoms with Crippen LogP contribution in [0.3, 0.4) is 0 Å². The first-order chi connectivity index (χ1) is 8.79. The maximum atomic E-state index is 4.49. The Morgan fingerprint density at radius 3 is 2.00 bits per heavy atom. The summed E-state index contributed by atoms with van der Waals surface area (Å²) in [7, 11) is 0. The molecule has 0 spiro atoms. The zero-order chi connectivity index (χ0) is 12.4. The molecule has 3 rings (SSSR count). The highest BCUT2D eigenvalue weighted by atomic mass is 15.1. The lowest BCUT2D eigenvalue weighted by Gasteiger charge is -2.23. The smallest absolute Gasteiger partial charge is 0.132 e. The number of nitrogens with one attached hydrogen (secondary N) is 2. The highest BCUT2D eigenvalue weighted by molar-refractivity contribution is 5.49. The number of anilines is 2. The summed E-state index contributed by atoms with van der Waals surface area (Å²) in [5.41, 5.74) is 0. The molecule has 98 valence electrons. The lowest BCUT2D eigenvalue weighted by atomic mass is 9.95. The third kappa shape index (κ3) is 3.12. The average Bonchev–Trinajstić information content (AvgIpc) is 3.13. The van der Waals surface area contributed by atoms with Crippen molar-refractivity contribution in [3.05, 3.63) is 11.9 Å². The van der Waals surface area contributed by atoms with Gasteiger partial charge in [0.1, 0.15) is 17.5 Å². The van der Waals surface area contributed by atoms with Gasteiger partial charge in [-0.1, -0.05) is 19.3 Å². The molecule has 2 saturated carbocycles. The van der Waals surface area contributed by atoms with E-state index >= 15 is 0 Å². The minimum atomic E-state index is 0.599. The summed E-state index contributed by atoms with van der Waals surface area (Å²) < 4.78 is 0. The third-order valence-electron chi connectivity index (χ3n) is 3.72. The maximum absolute atomic E-state index is 4.49. The Bertz CT molecular complexity index is 408. The van der Waals surface area contributed by atoms with E-state index in [1.54, 1.807) is 0 Å². The van der Waals surface area contributed by atoms with Crippen molar-refractivity contribution in [2.24, 2.45) is 0 Å². The Kier molecular flexibility index (Phi) is 3.35. The van der Waals surface area contributed by atoms with E-state index in [9.17, 15) is 0 Å². The number of aryl methyl sites for hydroxylation is 1. The van der Waals surface area contributed by atoms with Gasteiger partial charge in [0, 0.05) is 18.2 Å². The summed E-state index contributed by atoms with van der Waals surface area (Å²) in [6, 6.07) is 3.29. The van der Waals surface area contributed by atoms with E-state index in [4.69, 9.17) is 0 Å². The molecule has 4 heteroatoms. The summed E-state index contributed by atoms with van der Waals surface area (Å²) in [6.07, 6.45) is 9.16. The second-order valence-corrected chi connectivity index (χ2v) is 5.58. The molecule has 2 N–H and O–H groups in total. The van der Waals surface area contributed by atoms with Crippen molar-refractivity contribution >= 4 is 11.6 Å². The van der Waals surface area contributed by atoms with Gasteiger partial charge < -0.3 is 10.6 Å². The molecule has 1 heterocycles. The van der Waals surface area contributed by atoms with E-state index in [1.807, 2.05) is 6.92 Å². The highest BCUT2D eigenvalue weighted by Crippen LogP contribution is 2.26. The van der Waals surface area contributed by atoms with Gasteiger partial charge in [0.05, 0.1) is 0 Å². The summed E-state index contributed by atoms with van der Waals surface area (Å²) in [6.45, 7) is 1.96. The normalized spacial score (nSPS) is 20.7. The fourth-order valence-electron chi connectivity index (χ4n) is 2.61. The van der Waals surface area contributed by atoms with Crippen LogP contribution in [0.1, 0.15) is 50.8 Å². The van der Waals surface area contributed by atoms with E-state index in [0.29, 0.717) is 12.1 Å². The van der Waals surface area contributed by atoms with Gasteiger partial charge in [0.25, 0.3) is 0 Å². The van der Waals surface area contributed by atoms with E-state index in [2.05, 4.69) is 26.7 Å². The van der Waals surface area contributed by atoms with Crippen LogP contribution in [0.2, 0.25) is 0 Å². The SMILES string of the molecule is Cc1nc(NC2CCCCC2)cc(NC2CC2)n1. The first-order valence-electron chi connectivity index (χ1n) is 7.18. The molecule has 0 atom stereocenters. The van der Waals surface area contributed by atoms with Gasteiger partial charge in [-0.05, 0) is 32.6 Å². The predicted octanol–water partition coefficient (Wildman–Crippen LogP) is 3.10. The van der Waals surface area contributed by atoms with Crippen molar-refractivity contribution < 1.29 is 0 Å². The average molecular weight is 246 g/mol. The standard InChI is InChI=1S/C14H22N4/c1-10-15-13(17-11-5-3-2-4-6-11)9-14(16-10)18-12-7-8-12/h9,11-12H,2-8H2,1H3,(H2,15,16,17,18). The van der Waals surface area contributed by atoms with Crippen molar-refractivity contribution in [1.82, 2.24) is 9.97 Å². The monoisotopic (exact) mass is 246 g/mol. The van der Waals surface area contributed by atoms with Crippen LogP contribution >= 0.6 is 0 Å². The molecular formula is C14H22N4. The van der Waals surface area contributed by atoms with Crippen LogP contribution in [0.15, 0.2) is 6.07 Å². The maximum Gasteiger partial charge on any atom is 0.132 e. The Morgan fingerprint density at radius 1 is 0.889 bits per heavy atom. The molecule has 1 aromatic rings. The fourth-order valence-corrected chi connectivity index (χ4v) is 2.61. The van der Waals surface area contributed by atoms with Crippen LogP contribution in [0.4, 0.5) is 11.6 Å². The number of hydrogen-bond donors (Lipinski definition) is 2. The second-order valence-electron chi connectivity index (χ2n) is 5.58. The van der Waals surface area contributed by atoms with Gasteiger partial charge in [-0.25, -0.2) is 9.97 Å². The topological polar surface area (TPSA) is 49.8 Å². The molecular weight excluding hydrogens is 224 g/mol. The van der Waals surface area contributed by atoms with Gasteiger partial charge in [-0.3, -0.25) is 0 Å². The van der Waals surface area contributed by atoms with E-state index < -0.39 is 0 Å². The third-order valence-corrected chi connectivity index (χ3v) is 3.72. The van der Waals surface area contributed by atoms with E-state index in [1.165, 1.54) is 44.9 Å². The van der Waals surface area contributed by atoms with Gasteiger partial charge in [-0.15, -0.1) is 0 Å². The van der Waals surface area contributed by atoms with Crippen molar-refractivity contribution in [2.45, 2.75) is 64.0 Å². The van der Waals surface area contributed by atoms with Crippen molar-refractivity contribution in [3.63, 3.8) is 0 Å². The Balaban J connectivity index is 1.67. The van der Waals surface area contributed by atoms with Crippen molar-refractivity contribution in [3.8, 4) is 0 Å². The fraction of sp³-hybridized carbons (Fsp3) is 0.714. The molecule has 2 aliphatic rings. The molecule has 0 bridgehead atoms. The number of rotatable bonds is 4. The molecule has 0 saturated heterocycles. The predicted molar refractivity (Wildman–Crippen MR) is 73.9 cm³/mol. The van der Waals surface area contributed by atoms with Gasteiger partial charge >= 0.3 is 0 Å². The minimum absolute atomic E-state index is 0.599. The first-order valence-corrected chi connectivity index (χ1v) is 7.18. The van der Waals surface area contributed by atoms with Crippen LogP contribution in [-0.4, -0.2) is 22.1 Å². The molecule has 2 aliphatic carbocycles. The van der Waals surface area contributed by atoms with Gasteiger partial charge in [-0.2, -0.15) is 0 Å². The second kappa shape index (κ2) is 5.12. The largest absolute Gasteiger partial charge is 0.367 e. The Morgan fingerprint density at radius 2 is 1.44 bits per heavy atom. The summed E-state index contributed by atoms with van der Waals surface area (Å²) in [5.74, 6) is 2.81. The van der Waals surface area contributed by atoms with Crippen LogP contribution in [0.5, 0.6) is 0 Å². The zero-order valence-electron chi connectivity index (χ0n) is 11.1. The molecule has 0 aromatic carbocycles.